The van der Waals surface area contributed by atoms with Gasteiger partial charge < -0.3 is 18.8 Å². The van der Waals surface area contributed by atoms with E-state index >= 15 is 0 Å². The zero-order valence-electron chi connectivity index (χ0n) is 16.5. The molecule has 1 aromatic heterocycles. The van der Waals surface area contributed by atoms with E-state index in [1.165, 1.54) is 0 Å². The summed E-state index contributed by atoms with van der Waals surface area (Å²) in [6, 6.07) is 3.56. The van der Waals surface area contributed by atoms with Crippen molar-refractivity contribution in [1.82, 2.24) is 9.55 Å². The number of aliphatic hydroxyl groups is 1. The van der Waals surface area contributed by atoms with Crippen LogP contribution in [-0.4, -0.2) is 48.4 Å². The molecule has 2 heterocycles. The molecule has 0 amide bonds. The van der Waals surface area contributed by atoms with Crippen LogP contribution in [0.15, 0.2) is 18.5 Å². The van der Waals surface area contributed by atoms with Gasteiger partial charge in [0.2, 0.25) is 0 Å². The summed E-state index contributed by atoms with van der Waals surface area (Å²) in [7, 11) is -1.87. The number of hydrogen-bond acceptors (Lipinski definition) is 4. The number of benzene rings is 1. The Balaban J connectivity index is 1.68. The summed E-state index contributed by atoms with van der Waals surface area (Å²) in [5.74, 6) is 0. The highest BCUT2D eigenvalue weighted by molar-refractivity contribution is 6.74. The first-order chi connectivity index (χ1) is 12.5. The van der Waals surface area contributed by atoms with E-state index in [4.69, 9.17) is 32.4 Å². The van der Waals surface area contributed by atoms with Crippen molar-refractivity contribution in [2.75, 3.05) is 13.2 Å². The van der Waals surface area contributed by atoms with E-state index in [1.807, 2.05) is 10.6 Å². The van der Waals surface area contributed by atoms with Crippen LogP contribution in [0.3, 0.4) is 0 Å². The highest BCUT2D eigenvalue weighted by Crippen LogP contribution is 2.37. The monoisotopic (exact) mass is 430 g/mol. The molecule has 27 heavy (non-hydrogen) atoms. The van der Waals surface area contributed by atoms with E-state index in [0.717, 1.165) is 11.0 Å². The average molecular weight is 431 g/mol. The first-order valence-corrected chi connectivity index (χ1v) is 12.9. The first-order valence-electron chi connectivity index (χ1n) is 9.25. The smallest absolute Gasteiger partial charge is 0.192 e. The highest BCUT2D eigenvalue weighted by Gasteiger charge is 2.39. The van der Waals surface area contributed by atoms with Gasteiger partial charge in [0.1, 0.15) is 6.10 Å². The van der Waals surface area contributed by atoms with Crippen LogP contribution < -0.4 is 0 Å². The van der Waals surface area contributed by atoms with Gasteiger partial charge in [-0.25, -0.2) is 4.98 Å². The molecule has 2 aromatic rings. The molecule has 3 atom stereocenters. The Morgan fingerprint density at radius 3 is 2.59 bits per heavy atom. The van der Waals surface area contributed by atoms with Crippen LogP contribution >= 0.6 is 23.2 Å². The summed E-state index contributed by atoms with van der Waals surface area (Å²) in [4.78, 5) is 4.40. The lowest BCUT2D eigenvalue weighted by Crippen LogP contribution is -2.47. The van der Waals surface area contributed by atoms with Crippen molar-refractivity contribution >= 4 is 42.6 Å². The van der Waals surface area contributed by atoms with Gasteiger partial charge in [-0.3, -0.25) is 0 Å². The molecular formula is C19H28Cl2N2O3Si. The van der Waals surface area contributed by atoms with E-state index in [2.05, 4.69) is 38.8 Å². The molecule has 0 unspecified atom stereocenters. The molecule has 0 bridgehead atoms. The van der Waals surface area contributed by atoms with Gasteiger partial charge in [-0.2, -0.15) is 0 Å². The van der Waals surface area contributed by atoms with Gasteiger partial charge in [-0.1, -0.05) is 44.0 Å². The number of imidazole rings is 1. The van der Waals surface area contributed by atoms with Gasteiger partial charge in [0.15, 0.2) is 8.32 Å². The maximum atomic E-state index is 10.6. The van der Waals surface area contributed by atoms with Crippen LogP contribution in [0.1, 0.15) is 33.2 Å². The first kappa shape index (κ1) is 21.1. The maximum absolute atomic E-state index is 10.6. The minimum Gasteiger partial charge on any atom is -0.414 e. The second-order valence-corrected chi connectivity index (χ2v) is 14.4. The van der Waals surface area contributed by atoms with Crippen LogP contribution in [-0.2, 0) is 9.16 Å². The highest BCUT2D eigenvalue weighted by atomic mass is 35.5. The molecule has 1 aromatic carbocycles. The van der Waals surface area contributed by atoms with Crippen LogP contribution in [0.25, 0.3) is 11.0 Å². The Hall–Kier alpha value is -0.633. The lowest BCUT2D eigenvalue weighted by atomic mass is 10.0. The fourth-order valence-corrected chi connectivity index (χ4v) is 4.35. The minimum atomic E-state index is -1.87. The zero-order chi connectivity index (χ0) is 20.0. The second-order valence-electron chi connectivity index (χ2n) is 8.81. The van der Waals surface area contributed by atoms with Gasteiger partial charge in [0.05, 0.1) is 52.8 Å². The molecule has 0 saturated carbocycles. The fourth-order valence-electron chi connectivity index (χ4n) is 3.02. The summed E-state index contributed by atoms with van der Waals surface area (Å²) >= 11 is 12.2. The third-order valence-corrected chi connectivity index (χ3v) is 11.1. The Labute approximate surface area is 171 Å². The number of aromatic nitrogens is 2. The van der Waals surface area contributed by atoms with E-state index < -0.39 is 14.4 Å². The summed E-state index contributed by atoms with van der Waals surface area (Å²) in [5, 5.41) is 11.7. The number of hydrogen-bond donors (Lipinski definition) is 1. The van der Waals surface area contributed by atoms with Gasteiger partial charge >= 0.3 is 0 Å². The molecule has 1 saturated heterocycles. The minimum absolute atomic E-state index is 0.00800. The van der Waals surface area contributed by atoms with E-state index in [1.54, 1.807) is 12.4 Å². The summed E-state index contributed by atoms with van der Waals surface area (Å²) < 4.78 is 14.2. The Morgan fingerprint density at radius 1 is 1.30 bits per heavy atom. The molecule has 8 heteroatoms. The Morgan fingerprint density at radius 2 is 1.96 bits per heavy atom. The predicted octanol–water partition coefficient (Wildman–Crippen LogP) is 5.06. The van der Waals surface area contributed by atoms with Crippen LogP contribution in [0.5, 0.6) is 0 Å². The Kier molecular flexibility index (Phi) is 5.98. The lowest BCUT2D eigenvalue weighted by molar-refractivity contribution is -0.109. The quantitative estimate of drug-likeness (QED) is 0.688. The maximum Gasteiger partial charge on any atom is 0.192 e. The molecule has 1 N–H and O–H groups in total. The summed E-state index contributed by atoms with van der Waals surface area (Å²) in [5.41, 5.74) is 1.67. The fraction of sp³-hybridized carbons (Fsp3) is 0.632. The van der Waals surface area contributed by atoms with Gasteiger partial charge in [-0.05, 0) is 36.7 Å². The molecule has 0 aliphatic carbocycles. The van der Waals surface area contributed by atoms with Crippen molar-refractivity contribution in [1.29, 1.82) is 0 Å². The van der Waals surface area contributed by atoms with Gasteiger partial charge in [0, 0.05) is 0 Å². The van der Waals surface area contributed by atoms with Gasteiger partial charge in [-0.15, -0.1) is 0 Å². The second kappa shape index (κ2) is 7.65. The topological polar surface area (TPSA) is 56.5 Å². The SMILES string of the molecule is CC(C)(C)[Si](C)(C)OC[C@H]1OC[C@@H](n2cnc3cc(Cl)c(Cl)cc32)C[C@@H]1O. The van der Waals surface area contributed by atoms with Crippen molar-refractivity contribution in [3.63, 3.8) is 0 Å². The molecule has 5 nitrogen and oxygen atoms in total. The number of nitrogens with zero attached hydrogens (tertiary/aromatic N) is 2. The summed E-state index contributed by atoms with van der Waals surface area (Å²) in [6.07, 6.45) is 1.44. The molecule has 1 aliphatic rings. The normalized spacial score (nSPS) is 24.5. The van der Waals surface area contributed by atoms with Crippen molar-refractivity contribution in [3.05, 3.63) is 28.5 Å². The molecule has 0 spiro atoms. The number of aliphatic hydroxyl groups excluding tert-OH is 1. The third kappa shape index (κ3) is 4.36. The zero-order valence-corrected chi connectivity index (χ0v) is 19.0. The standard InChI is InChI=1S/C19H28Cl2N2O3Si/c1-19(2,3)27(4,5)26-10-18-17(24)6-12(9-25-18)23-11-22-15-7-13(20)14(21)8-16(15)23/h7-8,11-12,17-18,24H,6,9-10H2,1-5H3/t12-,17-,18+/m0/s1. The van der Waals surface area contributed by atoms with Crippen LogP contribution in [0.2, 0.25) is 28.2 Å². The predicted molar refractivity (Wildman–Crippen MR) is 112 cm³/mol. The van der Waals surface area contributed by atoms with Crippen molar-refractivity contribution in [3.8, 4) is 0 Å². The molecule has 1 aliphatic heterocycles. The van der Waals surface area contributed by atoms with E-state index in [0.29, 0.717) is 29.7 Å². The van der Waals surface area contributed by atoms with E-state index in [9.17, 15) is 5.11 Å². The van der Waals surface area contributed by atoms with Crippen LogP contribution in [0, 0.1) is 0 Å². The average Bonchev–Trinajstić information content (AvgIpc) is 2.95. The van der Waals surface area contributed by atoms with Crippen molar-refractivity contribution in [2.24, 2.45) is 0 Å². The Bertz CT molecular complexity index is 819. The lowest BCUT2D eigenvalue weighted by Gasteiger charge is -2.39. The molecule has 0 radical (unpaired) electrons. The summed E-state index contributed by atoms with van der Waals surface area (Å²) in [6.45, 7) is 11.9. The number of fused-ring (bicyclic) bond motifs is 1. The third-order valence-electron chi connectivity index (χ3n) is 5.87. The largest absolute Gasteiger partial charge is 0.414 e. The van der Waals surface area contributed by atoms with Crippen molar-refractivity contribution in [2.45, 2.75) is 63.6 Å². The molecule has 150 valence electrons. The molecule has 1 fully saturated rings. The van der Waals surface area contributed by atoms with Crippen LogP contribution in [0.4, 0.5) is 0 Å². The molecular weight excluding hydrogens is 403 g/mol. The van der Waals surface area contributed by atoms with E-state index in [-0.39, 0.29) is 17.2 Å². The van der Waals surface area contributed by atoms with Crippen molar-refractivity contribution < 1.29 is 14.3 Å². The molecule has 3 rings (SSSR count). The number of halogens is 2. The number of rotatable bonds is 4. The number of ether oxygens (including phenoxy) is 1. The van der Waals surface area contributed by atoms with Gasteiger partial charge in [0.25, 0.3) is 0 Å².